The molecular weight excluding hydrogens is 286 g/mol. The largest absolute Gasteiger partial charge is 0.615 e. The summed E-state index contributed by atoms with van der Waals surface area (Å²) in [7, 11) is -2.40. The summed E-state index contributed by atoms with van der Waals surface area (Å²) in [5.41, 5.74) is 18.1. The van der Waals surface area contributed by atoms with E-state index in [0.717, 1.165) is 0 Å². The van der Waals surface area contributed by atoms with Crippen LogP contribution in [0.4, 0.5) is 11.4 Å². The zero-order valence-electron chi connectivity index (χ0n) is 11.6. The Labute approximate surface area is 125 Å². The molecule has 0 spiro atoms. The second kappa shape index (κ2) is 7.53. The first kappa shape index (κ1) is 15.2. The van der Waals surface area contributed by atoms with Crippen molar-refractivity contribution in [3.63, 3.8) is 0 Å². The first-order valence-corrected chi connectivity index (χ1v) is 7.95. The van der Waals surface area contributed by atoms with Crippen LogP contribution >= 0.6 is 0 Å². The van der Waals surface area contributed by atoms with Gasteiger partial charge in [-0.15, -0.1) is 0 Å². The molecule has 0 aliphatic carbocycles. The Balaban J connectivity index is 2.02. The highest BCUT2D eigenvalue weighted by molar-refractivity contribution is 6.38. The first-order valence-electron chi connectivity index (χ1n) is 6.53. The van der Waals surface area contributed by atoms with Crippen molar-refractivity contribution in [2.75, 3.05) is 24.6 Å². The fourth-order valence-corrected chi connectivity index (χ4v) is 2.84. The molecule has 7 heteroatoms. The Bertz CT molecular complexity index is 501. The van der Waals surface area contributed by atoms with E-state index in [4.69, 9.17) is 30.5 Å². The Morgan fingerprint density at radius 2 is 1.19 bits per heavy atom. The minimum atomic E-state index is -2.40. The fourth-order valence-electron chi connectivity index (χ4n) is 1.57. The maximum atomic E-state index is 5.76. The summed E-state index contributed by atoms with van der Waals surface area (Å²) >= 11 is 0. The molecule has 2 rings (SSSR count). The number of anilines is 2. The summed E-state index contributed by atoms with van der Waals surface area (Å²) in [4.78, 5) is 0. The van der Waals surface area contributed by atoms with Gasteiger partial charge in [0, 0.05) is 17.9 Å². The lowest BCUT2D eigenvalue weighted by molar-refractivity contribution is 0.207. The molecule has 0 atom stereocenters. The first-order chi connectivity index (χ1) is 10.2. The second-order valence-corrected chi connectivity index (χ2v) is 5.70. The van der Waals surface area contributed by atoms with Gasteiger partial charge in [-0.2, -0.15) is 0 Å². The van der Waals surface area contributed by atoms with E-state index < -0.39 is 9.53 Å². The van der Waals surface area contributed by atoms with Crippen molar-refractivity contribution in [2.45, 2.75) is 0 Å². The topological polar surface area (TPSA) is 106 Å². The number of benzene rings is 2. The molecule has 0 bridgehead atoms. The van der Waals surface area contributed by atoms with E-state index in [1.54, 1.807) is 48.5 Å². The molecule has 112 valence electrons. The Morgan fingerprint density at radius 3 is 1.57 bits per heavy atom. The van der Waals surface area contributed by atoms with Crippen LogP contribution in [-0.4, -0.2) is 22.7 Å². The van der Waals surface area contributed by atoms with Crippen molar-refractivity contribution in [1.82, 2.24) is 0 Å². The van der Waals surface area contributed by atoms with Crippen molar-refractivity contribution in [3.8, 4) is 11.5 Å². The zero-order valence-corrected chi connectivity index (χ0v) is 12.7. The van der Waals surface area contributed by atoms with Crippen LogP contribution in [0.2, 0.25) is 0 Å². The Hall–Kier alpha value is -2.22. The normalized spacial score (nSPS) is 10.6. The third kappa shape index (κ3) is 4.99. The quantitative estimate of drug-likeness (QED) is 0.520. The van der Waals surface area contributed by atoms with Gasteiger partial charge in [0.2, 0.25) is 0 Å². The third-order valence-corrected chi connectivity index (χ3v) is 4.03. The van der Waals surface area contributed by atoms with E-state index in [9.17, 15) is 0 Å². The van der Waals surface area contributed by atoms with Gasteiger partial charge in [-0.05, 0) is 48.5 Å². The molecular formula is C14H19N3O3Si. The average molecular weight is 305 g/mol. The molecule has 0 aliphatic rings. The van der Waals surface area contributed by atoms with Crippen LogP contribution in [0.5, 0.6) is 11.5 Å². The lowest BCUT2D eigenvalue weighted by Gasteiger charge is -2.18. The summed E-state index contributed by atoms with van der Waals surface area (Å²) in [6.07, 6.45) is 0. The predicted molar refractivity (Wildman–Crippen MR) is 85.1 cm³/mol. The van der Waals surface area contributed by atoms with Gasteiger partial charge >= 0.3 is 9.53 Å². The van der Waals surface area contributed by atoms with Crippen molar-refractivity contribution in [3.05, 3.63) is 48.5 Å². The number of hydrogen-bond donors (Lipinski definition) is 3. The molecule has 0 saturated heterocycles. The standard InChI is InChI=1S/C14H19N3O3Si/c15-9-10-18-21(19-13-5-1-11(16)2-6-13)20-14-7-3-12(17)4-8-14/h1-8,21H,9-10,15-17H2. The molecule has 2 aromatic carbocycles. The second-order valence-electron chi connectivity index (χ2n) is 4.32. The third-order valence-electron chi connectivity index (χ3n) is 2.60. The molecule has 0 aromatic heterocycles. The van der Waals surface area contributed by atoms with E-state index in [-0.39, 0.29) is 0 Å². The van der Waals surface area contributed by atoms with Gasteiger partial charge in [0.25, 0.3) is 0 Å². The highest BCUT2D eigenvalue weighted by Crippen LogP contribution is 2.18. The van der Waals surface area contributed by atoms with Crippen molar-refractivity contribution in [1.29, 1.82) is 0 Å². The molecule has 0 unspecified atom stereocenters. The molecule has 6 N–H and O–H groups in total. The van der Waals surface area contributed by atoms with E-state index in [0.29, 0.717) is 36.0 Å². The summed E-state index contributed by atoms with van der Waals surface area (Å²) in [6.45, 7) is 0.778. The number of rotatable bonds is 7. The molecule has 21 heavy (non-hydrogen) atoms. The molecule has 2 aromatic rings. The van der Waals surface area contributed by atoms with Gasteiger partial charge in [0.1, 0.15) is 11.5 Å². The molecule has 0 radical (unpaired) electrons. The van der Waals surface area contributed by atoms with Gasteiger partial charge in [0.15, 0.2) is 0 Å². The monoisotopic (exact) mass is 305 g/mol. The summed E-state index contributed by atoms with van der Waals surface area (Å²) in [6, 6.07) is 14.1. The smallest absolute Gasteiger partial charge is 0.494 e. The maximum absolute atomic E-state index is 5.76. The van der Waals surface area contributed by atoms with Crippen LogP contribution < -0.4 is 26.1 Å². The SMILES string of the molecule is NCCO[SiH](Oc1ccc(N)cc1)Oc1ccc(N)cc1. The molecule has 0 fully saturated rings. The maximum Gasteiger partial charge on any atom is 0.615 e. The lowest BCUT2D eigenvalue weighted by Crippen LogP contribution is -2.35. The Kier molecular flexibility index (Phi) is 5.44. The zero-order chi connectivity index (χ0) is 15.1. The summed E-state index contributed by atoms with van der Waals surface area (Å²) in [5, 5.41) is 0. The predicted octanol–water partition coefficient (Wildman–Crippen LogP) is 1.00. The van der Waals surface area contributed by atoms with Crippen LogP contribution in [0.3, 0.4) is 0 Å². The van der Waals surface area contributed by atoms with E-state index in [1.807, 2.05) is 0 Å². The summed E-state index contributed by atoms with van der Waals surface area (Å²) < 4.78 is 17.1. The minimum absolute atomic E-state index is 0.376. The van der Waals surface area contributed by atoms with Crippen LogP contribution in [0.15, 0.2) is 48.5 Å². The molecule has 0 aliphatic heterocycles. The highest BCUT2D eigenvalue weighted by Gasteiger charge is 2.19. The van der Waals surface area contributed by atoms with Crippen molar-refractivity contribution in [2.24, 2.45) is 5.73 Å². The molecule has 0 saturated carbocycles. The number of hydrogen-bond acceptors (Lipinski definition) is 6. The van der Waals surface area contributed by atoms with E-state index >= 15 is 0 Å². The van der Waals surface area contributed by atoms with E-state index in [2.05, 4.69) is 0 Å². The number of nitrogens with two attached hydrogens (primary N) is 3. The van der Waals surface area contributed by atoms with Crippen LogP contribution in [-0.2, 0) is 4.43 Å². The summed E-state index contributed by atoms with van der Waals surface area (Å²) in [5.74, 6) is 1.29. The molecule has 0 heterocycles. The Morgan fingerprint density at radius 1 is 0.762 bits per heavy atom. The van der Waals surface area contributed by atoms with Gasteiger partial charge in [-0.1, -0.05) is 0 Å². The fraction of sp³-hybridized carbons (Fsp3) is 0.143. The van der Waals surface area contributed by atoms with Gasteiger partial charge in [-0.25, -0.2) is 0 Å². The van der Waals surface area contributed by atoms with Gasteiger partial charge in [0.05, 0.1) is 6.61 Å². The van der Waals surface area contributed by atoms with Gasteiger partial charge < -0.3 is 30.5 Å². The minimum Gasteiger partial charge on any atom is -0.494 e. The average Bonchev–Trinajstić information content (AvgIpc) is 2.49. The lowest BCUT2D eigenvalue weighted by atomic mass is 10.3. The molecule has 6 nitrogen and oxygen atoms in total. The van der Waals surface area contributed by atoms with E-state index in [1.165, 1.54) is 0 Å². The highest BCUT2D eigenvalue weighted by atomic mass is 28.3. The van der Waals surface area contributed by atoms with Crippen molar-refractivity contribution >= 4 is 20.9 Å². The molecule has 0 amide bonds. The van der Waals surface area contributed by atoms with Crippen LogP contribution in [0, 0.1) is 0 Å². The van der Waals surface area contributed by atoms with Crippen LogP contribution in [0.25, 0.3) is 0 Å². The van der Waals surface area contributed by atoms with Crippen LogP contribution in [0.1, 0.15) is 0 Å². The van der Waals surface area contributed by atoms with Crippen molar-refractivity contribution < 1.29 is 13.3 Å². The van der Waals surface area contributed by atoms with Gasteiger partial charge in [-0.3, -0.25) is 0 Å². The number of nitrogen functional groups attached to an aromatic ring is 2.